The number of carbonyl (C=O) groups is 4. The highest BCUT2D eigenvalue weighted by atomic mass is 32.1. The number of alkyl carbamates (subject to hydrolysis) is 1. The van der Waals surface area contributed by atoms with Gasteiger partial charge in [-0.25, -0.2) is 14.6 Å². The van der Waals surface area contributed by atoms with E-state index >= 15 is 0 Å². The number of nitrogens with zero attached hydrogens (tertiary/aromatic N) is 1. The van der Waals surface area contributed by atoms with Crippen LogP contribution in [0.4, 0.5) is 27.9 Å². The van der Waals surface area contributed by atoms with Crippen molar-refractivity contribution in [2.24, 2.45) is 11.7 Å². The number of carbonyl (C=O) groups excluding carboxylic acids is 4. The van der Waals surface area contributed by atoms with Gasteiger partial charge in [0.15, 0.2) is 10.8 Å². The quantitative estimate of drug-likeness (QED) is 0.226. The van der Waals surface area contributed by atoms with Crippen molar-refractivity contribution in [2.45, 2.75) is 77.9 Å². The summed E-state index contributed by atoms with van der Waals surface area (Å²) in [5.74, 6) is -2.05. The fraction of sp³-hybridized carbons (Fsp3) is 0.667. The summed E-state index contributed by atoms with van der Waals surface area (Å²) in [6.45, 7) is 7.35. The smallest absolute Gasteiger partial charge is 0.434 e. The van der Waals surface area contributed by atoms with Gasteiger partial charge < -0.3 is 36.8 Å². The molecule has 0 spiro atoms. The van der Waals surface area contributed by atoms with Crippen molar-refractivity contribution in [1.29, 1.82) is 0 Å². The Hall–Kier alpha value is -3.14. The van der Waals surface area contributed by atoms with Crippen LogP contribution in [-0.2, 0) is 27.1 Å². The summed E-state index contributed by atoms with van der Waals surface area (Å²) in [6, 6.07) is -3.18. The molecule has 37 heavy (non-hydrogen) atoms. The molecule has 0 radical (unpaired) electrons. The number of halogens is 3. The number of nitrogens with one attached hydrogen (secondary N) is 4. The molecule has 0 saturated heterocycles. The predicted octanol–water partition coefficient (Wildman–Crippen LogP) is 2.08. The third-order valence-electron chi connectivity index (χ3n) is 4.56. The molecule has 16 heteroatoms. The molecule has 1 aromatic heterocycles. The van der Waals surface area contributed by atoms with Crippen LogP contribution in [0.3, 0.4) is 0 Å². The number of thiazole rings is 1. The minimum Gasteiger partial charge on any atom is -0.444 e. The number of primary amides is 1. The summed E-state index contributed by atoms with van der Waals surface area (Å²) in [5, 5.41) is 18.3. The van der Waals surface area contributed by atoms with Crippen LogP contribution in [0.1, 0.15) is 58.0 Å². The lowest BCUT2D eigenvalue weighted by molar-refractivity contribution is -0.141. The summed E-state index contributed by atoms with van der Waals surface area (Å²) in [6.07, 6.45) is -5.57. The van der Waals surface area contributed by atoms with Gasteiger partial charge in [0.2, 0.25) is 11.8 Å². The number of aromatic nitrogens is 1. The third-order valence-corrected chi connectivity index (χ3v) is 5.52. The molecule has 0 unspecified atom stereocenters. The summed E-state index contributed by atoms with van der Waals surface area (Å²) >= 11 is 0.435. The number of aliphatic hydroxyl groups excluding tert-OH is 1. The normalized spacial score (nSPS) is 13.5. The van der Waals surface area contributed by atoms with Gasteiger partial charge in [-0.05, 0) is 39.5 Å². The summed E-state index contributed by atoms with van der Waals surface area (Å²) in [4.78, 5) is 51.8. The zero-order valence-electron chi connectivity index (χ0n) is 21.1. The number of hydrogen-bond acceptors (Lipinski definition) is 8. The molecule has 0 aromatic carbocycles. The topological polar surface area (TPSA) is 185 Å². The van der Waals surface area contributed by atoms with Gasteiger partial charge in [-0.1, -0.05) is 25.2 Å². The van der Waals surface area contributed by atoms with Crippen molar-refractivity contribution < 1.29 is 42.2 Å². The molecular weight excluding hydrogens is 521 g/mol. The molecule has 210 valence electrons. The Kier molecular flexibility index (Phi) is 11.6. The average Bonchev–Trinajstić information content (AvgIpc) is 3.15. The largest absolute Gasteiger partial charge is 0.444 e. The standard InChI is InChI=1S/C21H33F3N6O6S/c1-10(2)13(28-19(35)36-20(3,4)5)16(33)27-11(7-6-8-26-17(25)34)15(32)30-18-29-14(21(22,23)24)12(9-31)37-18/h10-11,13,31H,6-9H2,1-5H3,(H,27,33)(H,28,35)(H3,25,26,34)(H,29,30,32)/t11-,13-/m1/s1. The second-order valence-electron chi connectivity index (χ2n) is 9.30. The Morgan fingerprint density at radius 1 is 1.11 bits per heavy atom. The van der Waals surface area contributed by atoms with Crippen molar-refractivity contribution in [3.63, 3.8) is 0 Å². The fourth-order valence-corrected chi connectivity index (χ4v) is 3.79. The van der Waals surface area contributed by atoms with E-state index in [0.29, 0.717) is 11.3 Å². The van der Waals surface area contributed by atoms with E-state index in [-0.39, 0.29) is 19.4 Å². The first kappa shape index (κ1) is 31.9. The number of amides is 5. The second-order valence-corrected chi connectivity index (χ2v) is 10.4. The molecule has 0 aliphatic rings. The molecule has 0 aliphatic carbocycles. The van der Waals surface area contributed by atoms with Gasteiger partial charge in [-0.3, -0.25) is 9.59 Å². The van der Waals surface area contributed by atoms with Gasteiger partial charge in [-0.2, -0.15) is 13.2 Å². The SMILES string of the molecule is CC(C)[C@@H](NC(=O)OC(C)(C)C)C(=O)N[C@H](CCCNC(N)=O)C(=O)Nc1nc(C(F)(F)F)c(CO)s1. The lowest BCUT2D eigenvalue weighted by atomic mass is 10.0. The Labute approximate surface area is 215 Å². The van der Waals surface area contributed by atoms with Crippen LogP contribution in [0.2, 0.25) is 0 Å². The van der Waals surface area contributed by atoms with Gasteiger partial charge in [0.25, 0.3) is 0 Å². The highest BCUT2D eigenvalue weighted by molar-refractivity contribution is 7.15. The number of hydrogen-bond donors (Lipinski definition) is 6. The Morgan fingerprint density at radius 2 is 1.73 bits per heavy atom. The number of rotatable bonds is 11. The van der Waals surface area contributed by atoms with Crippen molar-refractivity contribution in [1.82, 2.24) is 20.9 Å². The van der Waals surface area contributed by atoms with E-state index in [2.05, 4.69) is 26.3 Å². The highest BCUT2D eigenvalue weighted by Gasteiger charge is 2.38. The first-order chi connectivity index (χ1) is 16.9. The lowest BCUT2D eigenvalue weighted by Gasteiger charge is -2.27. The maximum atomic E-state index is 13.1. The van der Waals surface area contributed by atoms with Crippen LogP contribution >= 0.6 is 11.3 Å². The van der Waals surface area contributed by atoms with Crippen LogP contribution in [0.25, 0.3) is 0 Å². The van der Waals surface area contributed by atoms with Crippen LogP contribution in [0.15, 0.2) is 0 Å². The number of nitrogens with two attached hydrogens (primary N) is 1. The van der Waals surface area contributed by atoms with Gasteiger partial charge in [-0.15, -0.1) is 0 Å². The number of alkyl halides is 3. The van der Waals surface area contributed by atoms with E-state index in [9.17, 15) is 37.5 Å². The molecule has 12 nitrogen and oxygen atoms in total. The maximum absolute atomic E-state index is 13.1. The van der Waals surface area contributed by atoms with Crippen molar-refractivity contribution in [3.8, 4) is 0 Å². The molecule has 0 aliphatic heterocycles. The van der Waals surface area contributed by atoms with Gasteiger partial charge in [0.1, 0.15) is 17.7 Å². The van der Waals surface area contributed by atoms with Crippen LogP contribution in [0.5, 0.6) is 0 Å². The Bertz CT molecular complexity index is 964. The summed E-state index contributed by atoms with van der Waals surface area (Å²) in [7, 11) is 0. The van der Waals surface area contributed by atoms with E-state index in [1.807, 2.05) is 0 Å². The lowest BCUT2D eigenvalue weighted by Crippen LogP contribution is -2.55. The fourth-order valence-electron chi connectivity index (χ4n) is 2.94. The molecule has 7 N–H and O–H groups in total. The number of aliphatic hydroxyl groups is 1. The molecule has 0 bridgehead atoms. The molecule has 2 atom stereocenters. The van der Waals surface area contributed by atoms with E-state index in [1.165, 1.54) is 0 Å². The zero-order valence-corrected chi connectivity index (χ0v) is 21.9. The molecule has 0 saturated carbocycles. The monoisotopic (exact) mass is 554 g/mol. The molecule has 1 rings (SSSR count). The van der Waals surface area contributed by atoms with Crippen molar-refractivity contribution in [3.05, 3.63) is 10.6 Å². The van der Waals surface area contributed by atoms with Crippen molar-refractivity contribution in [2.75, 3.05) is 11.9 Å². The predicted molar refractivity (Wildman–Crippen MR) is 128 cm³/mol. The van der Waals surface area contributed by atoms with E-state index < -0.39 is 76.0 Å². The van der Waals surface area contributed by atoms with E-state index in [1.54, 1.807) is 34.6 Å². The minimum atomic E-state index is -4.84. The van der Waals surface area contributed by atoms with E-state index in [4.69, 9.17) is 10.5 Å². The van der Waals surface area contributed by atoms with Crippen molar-refractivity contribution >= 4 is 40.4 Å². The number of urea groups is 1. The molecule has 1 heterocycles. The Balaban J connectivity index is 3.07. The summed E-state index contributed by atoms with van der Waals surface area (Å²) < 4.78 is 44.6. The molecule has 5 amide bonds. The Morgan fingerprint density at radius 3 is 2.19 bits per heavy atom. The number of ether oxygens (including phenoxy) is 1. The molecule has 1 aromatic rings. The van der Waals surface area contributed by atoms with Crippen LogP contribution in [0, 0.1) is 5.92 Å². The first-order valence-corrected chi connectivity index (χ1v) is 12.1. The highest BCUT2D eigenvalue weighted by Crippen LogP contribution is 2.36. The van der Waals surface area contributed by atoms with Gasteiger partial charge in [0.05, 0.1) is 11.5 Å². The molecular formula is C21H33F3N6O6S. The summed E-state index contributed by atoms with van der Waals surface area (Å²) in [5.41, 5.74) is 2.85. The first-order valence-electron chi connectivity index (χ1n) is 11.3. The maximum Gasteiger partial charge on any atom is 0.434 e. The van der Waals surface area contributed by atoms with E-state index in [0.717, 1.165) is 0 Å². The third kappa shape index (κ3) is 11.2. The number of anilines is 1. The zero-order chi connectivity index (χ0) is 28.6. The van der Waals surface area contributed by atoms with Crippen LogP contribution < -0.4 is 27.0 Å². The second kappa shape index (κ2) is 13.4. The van der Waals surface area contributed by atoms with Gasteiger partial charge in [0, 0.05) is 6.54 Å². The van der Waals surface area contributed by atoms with Gasteiger partial charge >= 0.3 is 18.3 Å². The average molecular weight is 555 g/mol. The minimum absolute atomic E-state index is 0.0422. The van der Waals surface area contributed by atoms with Crippen LogP contribution in [-0.4, -0.2) is 58.3 Å². The molecule has 0 fully saturated rings.